The molecule has 2 aromatic heterocycles. The van der Waals surface area contributed by atoms with E-state index < -0.39 is 5.82 Å². The van der Waals surface area contributed by atoms with Gasteiger partial charge in [0.25, 0.3) is 0 Å². The summed E-state index contributed by atoms with van der Waals surface area (Å²) in [7, 11) is 0. The zero-order chi connectivity index (χ0) is 14.3. The zero-order valence-corrected chi connectivity index (χ0v) is 10.8. The first-order chi connectivity index (χ1) is 9.61. The van der Waals surface area contributed by atoms with E-state index in [0.717, 1.165) is 0 Å². The number of nitrogens with zero attached hydrogens (tertiary/aromatic N) is 4. The fraction of sp³-hybridized carbons (Fsp3) is 0. The van der Waals surface area contributed by atoms with Crippen molar-refractivity contribution in [1.29, 1.82) is 5.26 Å². The minimum absolute atomic E-state index is 0.00496. The molecule has 2 heterocycles. The van der Waals surface area contributed by atoms with Gasteiger partial charge in [-0.3, -0.25) is 4.98 Å². The van der Waals surface area contributed by atoms with E-state index in [1.165, 1.54) is 24.7 Å². The van der Waals surface area contributed by atoms with Crippen LogP contribution < -0.4 is 5.73 Å². The Hall–Kier alpha value is -2.65. The molecule has 0 fully saturated rings. The second-order valence-electron chi connectivity index (χ2n) is 4.10. The molecule has 0 aliphatic rings. The summed E-state index contributed by atoms with van der Waals surface area (Å²) in [6, 6.07) is 4.85. The predicted octanol–water partition coefficient (Wildman–Crippen LogP) is 2.64. The molecule has 3 rings (SSSR count). The highest BCUT2D eigenvalue weighted by Crippen LogP contribution is 2.32. The van der Waals surface area contributed by atoms with Crippen LogP contribution >= 0.6 is 11.6 Å². The number of hydrogen-bond acceptors (Lipinski definition) is 4. The molecule has 0 radical (unpaired) electrons. The lowest BCUT2D eigenvalue weighted by Gasteiger charge is -2.07. The number of anilines is 1. The molecule has 5 nitrogen and oxygen atoms in total. The van der Waals surface area contributed by atoms with Gasteiger partial charge in [-0.1, -0.05) is 11.6 Å². The number of nitrogens with two attached hydrogens (primary N) is 1. The molecule has 0 saturated heterocycles. The van der Waals surface area contributed by atoms with Crippen molar-refractivity contribution in [2.24, 2.45) is 0 Å². The Balaban J connectivity index is 2.26. The average molecular weight is 288 g/mol. The highest BCUT2D eigenvalue weighted by Gasteiger charge is 2.15. The third kappa shape index (κ3) is 1.76. The molecule has 1 aromatic carbocycles. The molecular weight excluding hydrogens is 281 g/mol. The molecule has 2 N–H and O–H groups in total. The number of imidazole rings is 1. The Kier molecular flexibility index (Phi) is 2.77. The van der Waals surface area contributed by atoms with Gasteiger partial charge >= 0.3 is 0 Å². The third-order valence-corrected chi connectivity index (χ3v) is 3.22. The maximum atomic E-state index is 14.1. The Bertz CT molecular complexity index is 865. The van der Waals surface area contributed by atoms with E-state index in [0.29, 0.717) is 11.2 Å². The lowest BCUT2D eigenvalue weighted by atomic mass is 10.1. The van der Waals surface area contributed by atoms with Crippen LogP contribution in [0.3, 0.4) is 0 Å². The first-order valence-electron chi connectivity index (χ1n) is 5.58. The molecule has 0 aliphatic heterocycles. The minimum Gasteiger partial charge on any atom is -0.396 e. The lowest BCUT2D eigenvalue weighted by molar-refractivity contribution is 0.635. The Morgan fingerprint density at radius 1 is 1.35 bits per heavy atom. The molecule has 0 atom stereocenters. The first-order valence-corrected chi connectivity index (χ1v) is 5.96. The lowest BCUT2D eigenvalue weighted by Crippen LogP contribution is -1.97. The number of nitrogen functional groups attached to an aromatic ring is 1. The van der Waals surface area contributed by atoms with Gasteiger partial charge < -0.3 is 10.1 Å². The van der Waals surface area contributed by atoms with Crippen LogP contribution in [0.2, 0.25) is 5.02 Å². The van der Waals surface area contributed by atoms with Crippen molar-refractivity contribution in [2.45, 2.75) is 0 Å². The molecule has 0 unspecified atom stereocenters. The quantitative estimate of drug-likeness (QED) is 0.698. The van der Waals surface area contributed by atoms with Crippen LogP contribution in [0.4, 0.5) is 10.1 Å². The van der Waals surface area contributed by atoms with Crippen molar-refractivity contribution in [3.63, 3.8) is 0 Å². The van der Waals surface area contributed by atoms with Gasteiger partial charge in [0.15, 0.2) is 11.5 Å². The predicted molar refractivity (Wildman–Crippen MR) is 72.5 cm³/mol. The molecule has 7 heteroatoms. The fourth-order valence-electron chi connectivity index (χ4n) is 1.92. The normalized spacial score (nSPS) is 10.7. The van der Waals surface area contributed by atoms with Gasteiger partial charge in [0.05, 0.1) is 28.2 Å². The van der Waals surface area contributed by atoms with Gasteiger partial charge in [0, 0.05) is 6.20 Å². The number of rotatable bonds is 1. The summed E-state index contributed by atoms with van der Waals surface area (Å²) in [5, 5.41) is 9.10. The first kappa shape index (κ1) is 12.4. The van der Waals surface area contributed by atoms with Crippen LogP contribution in [0, 0.1) is 17.1 Å². The van der Waals surface area contributed by atoms with Crippen molar-refractivity contribution in [1.82, 2.24) is 14.4 Å². The van der Waals surface area contributed by atoms with Gasteiger partial charge in [-0.15, -0.1) is 0 Å². The van der Waals surface area contributed by atoms with Crippen LogP contribution in [-0.4, -0.2) is 14.4 Å². The smallest absolute Gasteiger partial charge is 0.167 e. The van der Waals surface area contributed by atoms with Crippen LogP contribution in [0.15, 0.2) is 30.9 Å². The van der Waals surface area contributed by atoms with E-state index >= 15 is 0 Å². The van der Waals surface area contributed by atoms with E-state index in [2.05, 4.69) is 9.97 Å². The Morgan fingerprint density at radius 2 is 2.15 bits per heavy atom. The zero-order valence-electron chi connectivity index (χ0n) is 10.0. The summed E-state index contributed by atoms with van der Waals surface area (Å²) in [4.78, 5) is 8.05. The molecule has 0 amide bonds. The highest BCUT2D eigenvalue weighted by atomic mass is 35.5. The van der Waals surface area contributed by atoms with Gasteiger partial charge in [-0.25, -0.2) is 9.37 Å². The van der Waals surface area contributed by atoms with Crippen LogP contribution in [0.1, 0.15) is 5.69 Å². The van der Waals surface area contributed by atoms with Gasteiger partial charge in [-0.05, 0) is 12.1 Å². The molecule has 0 saturated carbocycles. The van der Waals surface area contributed by atoms with Crippen molar-refractivity contribution in [3.8, 4) is 17.3 Å². The second-order valence-corrected chi connectivity index (χ2v) is 4.50. The number of benzene rings is 1. The Morgan fingerprint density at radius 3 is 2.90 bits per heavy atom. The SMILES string of the molecule is N#Cc1ncn2cc(-c3c(Cl)ccc(N)c3F)ncc12. The van der Waals surface area contributed by atoms with E-state index in [4.69, 9.17) is 22.6 Å². The molecule has 98 valence electrons. The number of hydrogen-bond donors (Lipinski definition) is 1. The molecule has 20 heavy (non-hydrogen) atoms. The van der Waals surface area contributed by atoms with E-state index in [1.807, 2.05) is 6.07 Å². The van der Waals surface area contributed by atoms with Crippen LogP contribution in [0.25, 0.3) is 16.8 Å². The average Bonchev–Trinajstić information content (AvgIpc) is 2.86. The summed E-state index contributed by atoms with van der Waals surface area (Å²) in [5.74, 6) is -0.620. The number of halogens is 2. The summed E-state index contributed by atoms with van der Waals surface area (Å²) < 4.78 is 15.7. The fourth-order valence-corrected chi connectivity index (χ4v) is 2.16. The van der Waals surface area contributed by atoms with Gasteiger partial charge in [0.1, 0.15) is 17.9 Å². The third-order valence-electron chi connectivity index (χ3n) is 2.90. The minimum atomic E-state index is -0.620. The largest absolute Gasteiger partial charge is 0.396 e. The van der Waals surface area contributed by atoms with Crippen molar-refractivity contribution in [2.75, 3.05) is 5.73 Å². The van der Waals surface area contributed by atoms with Crippen molar-refractivity contribution >= 4 is 22.8 Å². The standard InChI is InChI=1S/C13H7ClFN5/c14-7-1-2-8(17)13(15)12(7)10-5-20-6-19-9(3-16)11(20)4-18-10/h1-2,4-6H,17H2. The molecular formula is C13H7ClFN5. The maximum absolute atomic E-state index is 14.1. The molecule has 0 aliphatic carbocycles. The van der Waals surface area contributed by atoms with Crippen molar-refractivity contribution < 1.29 is 4.39 Å². The van der Waals surface area contributed by atoms with E-state index in [-0.39, 0.29) is 22.0 Å². The topological polar surface area (TPSA) is 80.0 Å². The number of fused-ring (bicyclic) bond motifs is 1. The number of nitriles is 1. The van der Waals surface area contributed by atoms with E-state index in [1.54, 1.807) is 10.6 Å². The summed E-state index contributed by atoms with van der Waals surface area (Å²) in [5.41, 5.74) is 6.77. The highest BCUT2D eigenvalue weighted by molar-refractivity contribution is 6.33. The van der Waals surface area contributed by atoms with Crippen LogP contribution in [-0.2, 0) is 0 Å². The van der Waals surface area contributed by atoms with Crippen molar-refractivity contribution in [3.05, 3.63) is 47.4 Å². The summed E-state index contributed by atoms with van der Waals surface area (Å²) in [6.07, 6.45) is 4.45. The molecule has 0 spiro atoms. The maximum Gasteiger partial charge on any atom is 0.167 e. The van der Waals surface area contributed by atoms with Gasteiger partial charge in [0.2, 0.25) is 0 Å². The van der Waals surface area contributed by atoms with E-state index in [9.17, 15) is 4.39 Å². The second kappa shape index (κ2) is 4.47. The Labute approximate surface area is 118 Å². The molecule has 0 bridgehead atoms. The van der Waals surface area contributed by atoms with Crippen LogP contribution in [0.5, 0.6) is 0 Å². The summed E-state index contributed by atoms with van der Waals surface area (Å²) in [6.45, 7) is 0. The van der Waals surface area contributed by atoms with Gasteiger partial charge in [-0.2, -0.15) is 5.26 Å². The molecule has 3 aromatic rings. The monoisotopic (exact) mass is 287 g/mol. The summed E-state index contributed by atoms with van der Waals surface area (Å²) >= 11 is 6.01. The number of aromatic nitrogens is 3.